The molecule has 0 fully saturated rings. The van der Waals surface area contributed by atoms with Crippen molar-refractivity contribution >= 4 is 34.7 Å². The third-order valence-electron chi connectivity index (χ3n) is 2.35. The molecule has 0 unspecified atom stereocenters. The number of rotatable bonds is 6. The summed E-state index contributed by atoms with van der Waals surface area (Å²) in [7, 11) is 0. The summed E-state index contributed by atoms with van der Waals surface area (Å²) in [5.74, 6) is -0.375. The van der Waals surface area contributed by atoms with Gasteiger partial charge in [0.15, 0.2) is 0 Å². The number of nitrogens with one attached hydrogen (secondary N) is 1. The number of aliphatic carboxylic acids is 1. The zero-order valence-electron chi connectivity index (χ0n) is 13.8. The molecule has 0 aliphatic rings. The Bertz CT molecular complexity index is 574. The van der Waals surface area contributed by atoms with Gasteiger partial charge in [-0.1, -0.05) is 18.7 Å². The molecule has 132 valence electrons. The number of para-hydroxylation sites is 1. The molecular weight excluding hydrogens is 334 g/mol. The van der Waals surface area contributed by atoms with Crippen molar-refractivity contribution in [1.82, 2.24) is 5.32 Å². The monoisotopic (exact) mass is 355 g/mol. The Labute approximate surface area is 145 Å². The van der Waals surface area contributed by atoms with E-state index in [0.29, 0.717) is 23.7 Å². The van der Waals surface area contributed by atoms with Crippen molar-refractivity contribution in [2.45, 2.75) is 13.8 Å². The van der Waals surface area contributed by atoms with Crippen molar-refractivity contribution in [3.63, 3.8) is 0 Å². The van der Waals surface area contributed by atoms with Gasteiger partial charge in [0.25, 0.3) is 0 Å². The van der Waals surface area contributed by atoms with Crippen LogP contribution in [0.2, 0.25) is 0 Å². The molecule has 0 aliphatic carbocycles. The van der Waals surface area contributed by atoms with Crippen LogP contribution < -0.4 is 10.1 Å². The zero-order valence-corrected chi connectivity index (χ0v) is 14.6. The number of amides is 1. The fraction of sp³-hybridized carbons (Fsp3) is 0.312. The normalized spacial score (nSPS) is 9.12. The molecule has 7 nitrogen and oxygen atoms in total. The molecule has 0 aromatic heterocycles. The number of ether oxygens (including phenoxy) is 2. The molecule has 0 saturated carbocycles. The molecule has 24 heavy (non-hydrogen) atoms. The summed E-state index contributed by atoms with van der Waals surface area (Å²) < 4.78 is 10.4. The van der Waals surface area contributed by atoms with E-state index in [1.807, 2.05) is 13.0 Å². The lowest BCUT2D eigenvalue weighted by Crippen LogP contribution is -2.26. The van der Waals surface area contributed by atoms with E-state index in [-0.39, 0.29) is 17.8 Å². The van der Waals surface area contributed by atoms with Crippen LogP contribution in [0.25, 0.3) is 5.76 Å². The van der Waals surface area contributed by atoms with Crippen LogP contribution >= 0.6 is 11.8 Å². The molecule has 0 radical (unpaired) electrons. The van der Waals surface area contributed by atoms with Gasteiger partial charge in [-0.3, -0.25) is 9.59 Å². The largest absolute Gasteiger partial charge is 0.494 e. The average Bonchev–Trinajstić information content (AvgIpc) is 2.54. The molecule has 1 rings (SSSR count). The van der Waals surface area contributed by atoms with Crippen LogP contribution in [0.3, 0.4) is 0 Å². The first-order valence-corrected chi connectivity index (χ1v) is 8.17. The van der Waals surface area contributed by atoms with Gasteiger partial charge < -0.3 is 19.9 Å². The van der Waals surface area contributed by atoms with Crippen LogP contribution in [0.1, 0.15) is 19.4 Å². The van der Waals surface area contributed by atoms with E-state index in [4.69, 9.17) is 14.6 Å². The highest BCUT2D eigenvalue weighted by atomic mass is 32.2. The summed E-state index contributed by atoms with van der Waals surface area (Å²) >= 11 is 1.02. The maximum atomic E-state index is 11.2. The quantitative estimate of drug-likeness (QED) is 0.597. The number of carbonyl (C=O) groups excluding carboxylic acids is 2. The van der Waals surface area contributed by atoms with Crippen molar-refractivity contribution in [1.29, 1.82) is 0 Å². The molecule has 2 N–H and O–H groups in total. The van der Waals surface area contributed by atoms with E-state index in [1.54, 1.807) is 24.5 Å². The molecule has 0 saturated heterocycles. The Balaban J connectivity index is 0.000000561. The lowest BCUT2D eigenvalue weighted by molar-refractivity contribution is -0.137. The third-order valence-corrected chi connectivity index (χ3v) is 2.77. The first-order chi connectivity index (χ1) is 11.3. The Morgan fingerprint density at radius 2 is 1.92 bits per heavy atom. The maximum absolute atomic E-state index is 11.2. The molecule has 1 aromatic rings. The van der Waals surface area contributed by atoms with Gasteiger partial charge in [-0.15, -0.1) is 0 Å². The fourth-order valence-corrected chi connectivity index (χ4v) is 1.54. The highest BCUT2D eigenvalue weighted by molar-refractivity contribution is 8.12. The van der Waals surface area contributed by atoms with Crippen molar-refractivity contribution in [3.05, 3.63) is 36.4 Å². The highest BCUT2D eigenvalue weighted by Crippen LogP contribution is 2.26. The topological polar surface area (TPSA) is 102 Å². The number of carboxylic acids is 1. The van der Waals surface area contributed by atoms with E-state index in [1.165, 1.54) is 6.92 Å². The van der Waals surface area contributed by atoms with Gasteiger partial charge >= 0.3 is 11.3 Å². The Morgan fingerprint density at radius 3 is 2.38 bits per heavy atom. The first kappa shape index (κ1) is 21.5. The van der Waals surface area contributed by atoms with Crippen LogP contribution in [0.4, 0.5) is 4.79 Å². The minimum Gasteiger partial charge on any atom is -0.494 e. The number of hydrogen-bond acceptors (Lipinski definition) is 6. The summed E-state index contributed by atoms with van der Waals surface area (Å²) in [5, 5.41) is 9.70. The second kappa shape index (κ2) is 12.0. The van der Waals surface area contributed by atoms with Crippen molar-refractivity contribution in [3.8, 4) is 5.75 Å². The Hall–Kier alpha value is -2.48. The van der Waals surface area contributed by atoms with Gasteiger partial charge in [0.1, 0.15) is 18.1 Å². The molecule has 0 spiro atoms. The first-order valence-electron chi connectivity index (χ1n) is 6.94. The van der Waals surface area contributed by atoms with E-state index in [9.17, 15) is 14.4 Å². The van der Waals surface area contributed by atoms with Gasteiger partial charge in [-0.05, 0) is 37.1 Å². The lowest BCUT2D eigenvalue weighted by atomic mass is 10.2. The summed E-state index contributed by atoms with van der Waals surface area (Å²) in [5.41, 5.74) is 0.701. The van der Waals surface area contributed by atoms with Gasteiger partial charge in [0.05, 0.1) is 12.2 Å². The smallest absolute Gasteiger partial charge is 0.372 e. The van der Waals surface area contributed by atoms with Crippen LogP contribution in [-0.4, -0.2) is 41.7 Å². The maximum Gasteiger partial charge on any atom is 0.372 e. The fourth-order valence-electron chi connectivity index (χ4n) is 1.37. The van der Waals surface area contributed by atoms with Crippen molar-refractivity contribution in [2.75, 3.05) is 19.4 Å². The number of hydrogen-bond donors (Lipinski definition) is 2. The highest BCUT2D eigenvalue weighted by Gasteiger charge is 2.10. The van der Waals surface area contributed by atoms with Gasteiger partial charge in [-0.25, -0.2) is 4.79 Å². The molecule has 0 heterocycles. The second-order valence-corrected chi connectivity index (χ2v) is 4.95. The molecule has 1 aromatic carbocycles. The molecular formula is C16H21NO6S. The minimum atomic E-state index is -1.03. The standard InChI is InChI=1S/C12H14O3S.C4H7NO3/c1-4-14-9(2)10-7-5-6-8-11(10)15-12(13)16-3;1-3(6)5-2-4(7)8/h5-8H,2,4H2,1,3H3;2H2,1H3,(H,5,6)(H,7,8). The molecule has 1 amide bonds. The van der Waals surface area contributed by atoms with E-state index < -0.39 is 5.97 Å². The van der Waals surface area contributed by atoms with Crippen LogP contribution in [-0.2, 0) is 14.3 Å². The van der Waals surface area contributed by atoms with Gasteiger partial charge in [-0.2, -0.15) is 0 Å². The van der Waals surface area contributed by atoms with Crippen LogP contribution in [0.15, 0.2) is 30.8 Å². The average molecular weight is 355 g/mol. The van der Waals surface area contributed by atoms with Crippen molar-refractivity contribution < 1.29 is 29.0 Å². The lowest BCUT2D eigenvalue weighted by Gasteiger charge is -2.11. The second-order valence-electron chi connectivity index (χ2n) is 4.21. The number of carbonyl (C=O) groups is 3. The van der Waals surface area contributed by atoms with Crippen LogP contribution in [0, 0.1) is 0 Å². The summed E-state index contributed by atoms with van der Waals surface area (Å²) in [6, 6.07) is 7.16. The summed E-state index contributed by atoms with van der Waals surface area (Å²) in [6.07, 6.45) is 1.67. The number of carboxylic acid groups (broad SMARTS) is 1. The SMILES string of the molecule is C=C(OCC)c1ccccc1OC(=O)SC.CC(=O)NCC(=O)O. The molecule has 0 bridgehead atoms. The van der Waals surface area contributed by atoms with E-state index in [2.05, 4.69) is 11.9 Å². The van der Waals surface area contributed by atoms with E-state index >= 15 is 0 Å². The summed E-state index contributed by atoms with van der Waals surface area (Å²) in [6.45, 7) is 7.17. The van der Waals surface area contributed by atoms with Gasteiger partial charge in [0, 0.05) is 6.92 Å². The molecule has 0 atom stereocenters. The number of benzene rings is 1. The van der Waals surface area contributed by atoms with Gasteiger partial charge in [0.2, 0.25) is 5.91 Å². The molecule has 0 aliphatic heterocycles. The summed E-state index contributed by atoms with van der Waals surface area (Å²) in [4.78, 5) is 30.8. The van der Waals surface area contributed by atoms with Crippen molar-refractivity contribution in [2.24, 2.45) is 0 Å². The predicted octanol–water partition coefficient (Wildman–Crippen LogP) is 2.76. The van der Waals surface area contributed by atoms with Crippen LogP contribution in [0.5, 0.6) is 5.75 Å². The number of thioether (sulfide) groups is 1. The van der Waals surface area contributed by atoms with E-state index in [0.717, 1.165) is 11.8 Å². The zero-order chi connectivity index (χ0) is 18.5. The Kier molecular flexibility index (Phi) is 10.8. The Morgan fingerprint density at radius 1 is 1.29 bits per heavy atom. The predicted molar refractivity (Wildman–Crippen MR) is 93.0 cm³/mol. The molecule has 8 heteroatoms. The minimum absolute atomic E-state index is 0.296. The third kappa shape index (κ3) is 9.52.